The van der Waals surface area contributed by atoms with E-state index >= 15 is 0 Å². The Hall–Kier alpha value is -3.62. The zero-order valence-electron chi connectivity index (χ0n) is 16.2. The van der Waals surface area contributed by atoms with Crippen molar-refractivity contribution in [3.05, 3.63) is 58.3 Å². The van der Waals surface area contributed by atoms with Gasteiger partial charge in [0.1, 0.15) is 16.4 Å². The molecule has 4 rings (SSSR count). The maximum Gasteiger partial charge on any atom is 0.433 e. The van der Waals surface area contributed by atoms with Crippen LogP contribution in [0.5, 0.6) is 5.75 Å². The number of carbonyl (C=O) groups is 2. The molecule has 156 valence electrons. The molecule has 1 saturated heterocycles. The summed E-state index contributed by atoms with van der Waals surface area (Å²) >= 11 is 0. The van der Waals surface area contributed by atoms with Crippen LogP contribution in [0.3, 0.4) is 0 Å². The van der Waals surface area contributed by atoms with E-state index in [2.05, 4.69) is 0 Å². The molecule has 1 aromatic carbocycles. The number of carbonyl (C=O) groups excluding carboxylic acids is 2. The van der Waals surface area contributed by atoms with Crippen LogP contribution < -0.4 is 9.64 Å². The highest BCUT2D eigenvalue weighted by molar-refractivity contribution is 6.05. The standard InChI is InChI=1S/C21H21N3O6/c25-19(10-8-15-9-11-20(29-15)24(27)28)23-14-18(21(26)22-12-4-1-5-13-22)30-17-7-3-2-6-16(17)23/h2-3,6-11,18H,1,4-5,12-14H2/b10-8+/t18-/m1/s1. The fourth-order valence-electron chi connectivity index (χ4n) is 3.66. The number of benzene rings is 1. The second-order valence-electron chi connectivity index (χ2n) is 7.18. The highest BCUT2D eigenvalue weighted by atomic mass is 16.6. The molecule has 1 aromatic heterocycles. The molecule has 3 heterocycles. The molecule has 1 fully saturated rings. The van der Waals surface area contributed by atoms with Crippen LogP contribution in [0.1, 0.15) is 25.0 Å². The molecular formula is C21H21N3O6. The highest BCUT2D eigenvalue weighted by Crippen LogP contribution is 2.34. The topological polar surface area (TPSA) is 106 Å². The number of nitrogens with zero attached hydrogens (tertiary/aromatic N) is 3. The quantitative estimate of drug-likeness (QED) is 0.435. The molecule has 30 heavy (non-hydrogen) atoms. The minimum Gasteiger partial charge on any atom is -0.476 e. The minimum absolute atomic E-state index is 0.0911. The molecule has 0 bridgehead atoms. The van der Waals surface area contributed by atoms with Crippen molar-refractivity contribution in [2.75, 3.05) is 24.5 Å². The first kappa shape index (κ1) is 19.7. The number of rotatable bonds is 4. The highest BCUT2D eigenvalue weighted by Gasteiger charge is 2.35. The van der Waals surface area contributed by atoms with E-state index in [1.165, 1.54) is 29.2 Å². The molecule has 2 aliphatic rings. The van der Waals surface area contributed by atoms with Gasteiger partial charge in [0.05, 0.1) is 18.3 Å². The lowest BCUT2D eigenvalue weighted by Gasteiger charge is -2.37. The third-order valence-corrected chi connectivity index (χ3v) is 5.17. The van der Waals surface area contributed by atoms with E-state index in [0.717, 1.165) is 19.3 Å². The van der Waals surface area contributed by atoms with Crippen molar-refractivity contribution in [3.8, 4) is 5.75 Å². The molecule has 9 nitrogen and oxygen atoms in total. The number of anilines is 1. The summed E-state index contributed by atoms with van der Waals surface area (Å²) in [6, 6.07) is 9.69. The van der Waals surface area contributed by atoms with E-state index in [1.807, 2.05) is 0 Å². The molecule has 0 unspecified atom stereocenters. The van der Waals surface area contributed by atoms with Gasteiger partial charge in [-0.1, -0.05) is 12.1 Å². The lowest BCUT2D eigenvalue weighted by Crippen LogP contribution is -2.52. The number of piperidine rings is 1. The Morgan fingerprint density at radius 1 is 1.10 bits per heavy atom. The second kappa shape index (κ2) is 8.40. The van der Waals surface area contributed by atoms with E-state index in [-0.39, 0.29) is 24.1 Å². The van der Waals surface area contributed by atoms with Crippen LogP contribution in [-0.2, 0) is 9.59 Å². The summed E-state index contributed by atoms with van der Waals surface area (Å²) in [5.41, 5.74) is 0.570. The summed E-state index contributed by atoms with van der Waals surface area (Å²) in [4.78, 5) is 39.2. The number of hydrogen-bond acceptors (Lipinski definition) is 6. The van der Waals surface area contributed by atoms with Gasteiger partial charge in [-0.2, -0.15) is 0 Å². The smallest absolute Gasteiger partial charge is 0.433 e. The van der Waals surface area contributed by atoms with Gasteiger partial charge in [-0.25, -0.2) is 0 Å². The van der Waals surface area contributed by atoms with E-state index in [4.69, 9.17) is 9.15 Å². The predicted octanol–water partition coefficient (Wildman–Crippen LogP) is 3.01. The van der Waals surface area contributed by atoms with Crippen LogP contribution in [0.2, 0.25) is 0 Å². The monoisotopic (exact) mass is 411 g/mol. The van der Waals surface area contributed by atoms with Crippen LogP contribution in [0.4, 0.5) is 11.6 Å². The van der Waals surface area contributed by atoms with Crippen molar-refractivity contribution < 1.29 is 23.7 Å². The van der Waals surface area contributed by atoms with Crippen molar-refractivity contribution in [2.24, 2.45) is 0 Å². The summed E-state index contributed by atoms with van der Waals surface area (Å²) in [5.74, 6) is -0.230. The SMILES string of the molecule is O=C([C@H]1CN(C(=O)/C=C/c2ccc([N+](=O)[O-])o2)c2ccccc2O1)N1CCCCC1. The first-order chi connectivity index (χ1) is 14.5. The average molecular weight is 411 g/mol. The summed E-state index contributed by atoms with van der Waals surface area (Å²) in [6.07, 6.45) is 4.91. The number of furan rings is 1. The van der Waals surface area contributed by atoms with Crippen molar-refractivity contribution in [2.45, 2.75) is 25.4 Å². The van der Waals surface area contributed by atoms with Crippen LogP contribution in [0, 0.1) is 10.1 Å². The Labute approximate surface area is 172 Å². The average Bonchev–Trinajstić information content (AvgIpc) is 3.26. The molecule has 0 radical (unpaired) electrons. The Kier molecular flexibility index (Phi) is 5.51. The van der Waals surface area contributed by atoms with Gasteiger partial charge in [0.15, 0.2) is 6.10 Å². The van der Waals surface area contributed by atoms with Crippen LogP contribution in [-0.4, -0.2) is 47.4 Å². The van der Waals surface area contributed by atoms with E-state index < -0.39 is 16.9 Å². The maximum atomic E-state index is 12.9. The van der Waals surface area contributed by atoms with Crippen molar-refractivity contribution in [1.82, 2.24) is 4.90 Å². The maximum absolute atomic E-state index is 12.9. The van der Waals surface area contributed by atoms with Gasteiger partial charge in [0.25, 0.3) is 11.8 Å². The summed E-state index contributed by atoms with van der Waals surface area (Å²) in [5, 5.41) is 10.7. The number of nitro groups is 1. The number of para-hydroxylation sites is 2. The number of hydrogen-bond donors (Lipinski definition) is 0. The fraction of sp³-hybridized carbons (Fsp3) is 0.333. The summed E-state index contributed by atoms with van der Waals surface area (Å²) in [7, 11) is 0. The third-order valence-electron chi connectivity index (χ3n) is 5.17. The van der Waals surface area contributed by atoms with Gasteiger partial charge >= 0.3 is 5.88 Å². The molecule has 0 saturated carbocycles. The van der Waals surface area contributed by atoms with E-state index in [0.29, 0.717) is 24.5 Å². The number of amides is 2. The van der Waals surface area contributed by atoms with Gasteiger partial charge < -0.3 is 19.0 Å². The lowest BCUT2D eigenvalue weighted by molar-refractivity contribution is -0.402. The molecule has 2 amide bonds. The minimum atomic E-state index is -0.778. The molecule has 0 aliphatic carbocycles. The molecule has 2 aliphatic heterocycles. The normalized spacial score (nSPS) is 18.7. The molecule has 0 spiro atoms. The Balaban J connectivity index is 1.54. The lowest BCUT2D eigenvalue weighted by atomic mass is 10.1. The van der Waals surface area contributed by atoms with E-state index in [1.54, 1.807) is 29.2 Å². The van der Waals surface area contributed by atoms with Crippen LogP contribution >= 0.6 is 0 Å². The van der Waals surface area contributed by atoms with Gasteiger partial charge in [-0.15, -0.1) is 0 Å². The van der Waals surface area contributed by atoms with Crippen molar-refractivity contribution in [3.63, 3.8) is 0 Å². The van der Waals surface area contributed by atoms with Gasteiger partial charge in [0, 0.05) is 19.2 Å². The zero-order chi connectivity index (χ0) is 21.1. The summed E-state index contributed by atoms with van der Waals surface area (Å²) in [6.45, 7) is 1.49. The zero-order valence-corrected chi connectivity index (χ0v) is 16.2. The molecule has 2 aromatic rings. The molecule has 0 N–H and O–H groups in total. The van der Waals surface area contributed by atoms with Crippen molar-refractivity contribution >= 4 is 29.5 Å². The molecule has 9 heteroatoms. The predicted molar refractivity (Wildman–Crippen MR) is 108 cm³/mol. The fourth-order valence-corrected chi connectivity index (χ4v) is 3.66. The summed E-state index contributed by atoms with van der Waals surface area (Å²) < 4.78 is 11.0. The largest absolute Gasteiger partial charge is 0.476 e. The van der Waals surface area contributed by atoms with Crippen molar-refractivity contribution in [1.29, 1.82) is 0 Å². The van der Waals surface area contributed by atoms with Crippen LogP contribution in [0.25, 0.3) is 6.08 Å². The Morgan fingerprint density at radius 3 is 2.60 bits per heavy atom. The van der Waals surface area contributed by atoms with E-state index in [9.17, 15) is 19.7 Å². The second-order valence-corrected chi connectivity index (χ2v) is 7.18. The van der Waals surface area contributed by atoms with Gasteiger partial charge in [-0.05, 0) is 43.5 Å². The third kappa shape index (κ3) is 4.05. The molecular weight excluding hydrogens is 390 g/mol. The van der Waals surface area contributed by atoms with Gasteiger partial charge in [-0.3, -0.25) is 19.7 Å². The first-order valence-electron chi connectivity index (χ1n) is 9.81. The Bertz CT molecular complexity index is 992. The number of likely N-dealkylation sites (tertiary alicyclic amines) is 1. The van der Waals surface area contributed by atoms with Crippen LogP contribution in [0.15, 0.2) is 46.9 Å². The molecule has 1 atom stereocenters. The first-order valence-corrected chi connectivity index (χ1v) is 9.81. The van der Waals surface area contributed by atoms with Gasteiger partial charge in [0.2, 0.25) is 0 Å². The Morgan fingerprint density at radius 2 is 1.87 bits per heavy atom. The number of fused-ring (bicyclic) bond motifs is 1. The number of ether oxygens (including phenoxy) is 1.